The first-order valence-electron chi connectivity index (χ1n) is 9.20. The first-order valence-corrected chi connectivity index (χ1v) is 11.0. The lowest BCUT2D eigenvalue weighted by atomic mass is 10.2. The van der Waals surface area contributed by atoms with Gasteiger partial charge < -0.3 is 4.74 Å². The van der Waals surface area contributed by atoms with Crippen LogP contribution >= 0.6 is 7.29 Å². The van der Waals surface area contributed by atoms with Crippen LogP contribution in [0.3, 0.4) is 0 Å². The molecule has 1 aliphatic rings. The van der Waals surface area contributed by atoms with Crippen molar-refractivity contribution in [2.75, 3.05) is 0 Å². The van der Waals surface area contributed by atoms with Gasteiger partial charge in [-0.25, -0.2) is 0 Å². The molecule has 144 valence electrons. The van der Waals surface area contributed by atoms with Crippen molar-refractivity contribution in [3.63, 3.8) is 0 Å². The predicted octanol–water partition coefficient (Wildman–Crippen LogP) is 5.70. The summed E-state index contributed by atoms with van der Waals surface area (Å²) in [5, 5.41) is 7.21. The number of hydrogen-bond acceptors (Lipinski definition) is 4. The molecule has 2 heterocycles. The lowest BCUT2D eigenvalue weighted by Crippen LogP contribution is -2.09. The minimum absolute atomic E-state index is 0.536. The van der Waals surface area contributed by atoms with Gasteiger partial charge >= 0.3 is 0 Å². The van der Waals surface area contributed by atoms with Gasteiger partial charge in [0.2, 0.25) is 7.29 Å². The largest absolute Gasteiger partial charge is 0.456 e. The van der Waals surface area contributed by atoms with Crippen LogP contribution in [0.1, 0.15) is 23.7 Å². The van der Waals surface area contributed by atoms with Crippen molar-refractivity contribution in [2.24, 2.45) is 5.10 Å². The van der Waals surface area contributed by atoms with Gasteiger partial charge in [0.15, 0.2) is 0 Å². The Morgan fingerprint density at radius 3 is 1.93 bits per heavy atom. The summed E-state index contributed by atoms with van der Waals surface area (Å²) in [6.45, 7) is 1.82. The molecule has 2 aromatic carbocycles. The van der Waals surface area contributed by atoms with Crippen molar-refractivity contribution >= 4 is 24.5 Å². The first-order chi connectivity index (χ1) is 14.1. The zero-order valence-electron chi connectivity index (χ0n) is 15.9. The molecule has 0 radical (unpaired) electrons. The molecule has 3 aromatic rings. The zero-order chi connectivity index (χ0) is 20.1. The van der Waals surface area contributed by atoms with E-state index in [-0.39, 0.29) is 0 Å². The van der Waals surface area contributed by atoms with Gasteiger partial charge in [-0.1, -0.05) is 66.7 Å². The number of hydrazone groups is 1. The van der Waals surface area contributed by atoms with Gasteiger partial charge in [-0.3, -0.25) is 14.7 Å². The van der Waals surface area contributed by atoms with Crippen molar-refractivity contribution in [1.82, 2.24) is 10.2 Å². The Morgan fingerprint density at radius 1 is 0.862 bits per heavy atom. The van der Waals surface area contributed by atoms with Crippen LogP contribution in [0.4, 0.5) is 0 Å². The minimum Gasteiger partial charge on any atom is -0.456 e. The summed E-state index contributed by atoms with van der Waals surface area (Å²) in [5.74, 6) is 4.30. The number of hydrogen-bond donors (Lipinski definition) is 1. The molecular formula is C23H20N3O2P. The molecule has 0 saturated heterocycles. The average molecular weight is 401 g/mol. The van der Waals surface area contributed by atoms with E-state index in [1.165, 1.54) is 0 Å². The van der Waals surface area contributed by atoms with Crippen LogP contribution in [0.2, 0.25) is 0 Å². The predicted molar refractivity (Wildman–Crippen MR) is 117 cm³/mol. The molecule has 6 heteroatoms. The second-order valence-corrected chi connectivity index (χ2v) is 8.68. The SMILES string of the molecule is C/C(=N/NP1(=O)C=C(c2ccccc2)OC(c2ccccc2)=C1)c1ccccn1. The number of aromatic nitrogens is 1. The van der Waals surface area contributed by atoms with Crippen LogP contribution in [0, 0.1) is 0 Å². The fourth-order valence-corrected chi connectivity index (χ4v) is 4.47. The van der Waals surface area contributed by atoms with Crippen LogP contribution < -0.4 is 5.20 Å². The molecular weight excluding hydrogens is 381 g/mol. The van der Waals surface area contributed by atoms with E-state index in [1.54, 1.807) is 17.8 Å². The van der Waals surface area contributed by atoms with E-state index >= 15 is 0 Å². The standard InChI is InChI=1S/C23H20N3O2P/c1-18(21-14-8-9-15-24-21)25-26-29(27)16-22(19-10-4-2-5-11-19)28-23(17-29)20-12-6-3-7-13-20/h2-17H,1H3,(H,26,27)/b25-18-. The molecule has 1 aliphatic heterocycles. The highest BCUT2D eigenvalue weighted by Gasteiger charge is 2.26. The van der Waals surface area contributed by atoms with E-state index < -0.39 is 7.29 Å². The van der Waals surface area contributed by atoms with Gasteiger partial charge in [0.1, 0.15) is 11.5 Å². The van der Waals surface area contributed by atoms with E-state index in [4.69, 9.17) is 4.74 Å². The summed E-state index contributed by atoms with van der Waals surface area (Å²) >= 11 is 0. The number of pyridine rings is 1. The summed E-state index contributed by atoms with van der Waals surface area (Å²) in [4.78, 5) is 4.27. The second-order valence-electron chi connectivity index (χ2n) is 6.54. The van der Waals surface area contributed by atoms with Crippen LogP contribution in [0.15, 0.2) is 102 Å². The lowest BCUT2D eigenvalue weighted by Gasteiger charge is -2.22. The van der Waals surface area contributed by atoms with Crippen molar-refractivity contribution in [3.05, 3.63) is 114 Å². The molecule has 1 aromatic heterocycles. The Kier molecular flexibility index (Phi) is 5.41. The van der Waals surface area contributed by atoms with E-state index in [9.17, 15) is 4.57 Å². The summed E-state index contributed by atoms with van der Waals surface area (Å²) < 4.78 is 19.8. The van der Waals surface area contributed by atoms with Crippen molar-refractivity contribution in [3.8, 4) is 0 Å². The monoisotopic (exact) mass is 401 g/mol. The van der Waals surface area contributed by atoms with Crippen molar-refractivity contribution in [2.45, 2.75) is 6.92 Å². The van der Waals surface area contributed by atoms with Crippen LogP contribution in [0.5, 0.6) is 0 Å². The maximum Gasteiger partial charge on any atom is 0.235 e. The summed E-state index contributed by atoms with van der Waals surface area (Å²) in [6.07, 6.45) is 1.70. The first kappa shape index (κ1) is 18.9. The van der Waals surface area contributed by atoms with Crippen molar-refractivity contribution < 1.29 is 9.30 Å². The Morgan fingerprint density at radius 2 is 1.41 bits per heavy atom. The Hall–Kier alpha value is -3.43. The Labute approximate surface area is 169 Å². The molecule has 0 spiro atoms. The molecule has 5 nitrogen and oxygen atoms in total. The number of nitrogens with one attached hydrogen (secondary N) is 1. The third-order valence-electron chi connectivity index (χ3n) is 4.36. The molecule has 0 aliphatic carbocycles. The minimum atomic E-state index is -3.15. The zero-order valence-corrected chi connectivity index (χ0v) is 16.8. The summed E-state index contributed by atoms with van der Waals surface area (Å²) in [7, 11) is -3.15. The van der Waals surface area contributed by atoms with Crippen LogP contribution in [-0.4, -0.2) is 10.7 Å². The highest BCUT2D eigenvalue weighted by Crippen LogP contribution is 2.53. The maximum absolute atomic E-state index is 13.7. The molecule has 29 heavy (non-hydrogen) atoms. The average Bonchev–Trinajstić information content (AvgIpc) is 2.79. The molecule has 4 rings (SSSR count). The fraction of sp³-hybridized carbons (Fsp3) is 0.0435. The molecule has 0 fully saturated rings. The molecule has 0 atom stereocenters. The molecule has 0 bridgehead atoms. The topological polar surface area (TPSA) is 63.6 Å². The van der Waals surface area contributed by atoms with Crippen LogP contribution in [0.25, 0.3) is 11.5 Å². The fourth-order valence-electron chi connectivity index (χ4n) is 2.87. The van der Waals surface area contributed by atoms with E-state index in [0.717, 1.165) is 16.8 Å². The third kappa shape index (κ3) is 4.53. The molecule has 0 saturated carbocycles. The van der Waals surface area contributed by atoms with Gasteiger partial charge in [0.05, 0.1) is 11.4 Å². The number of benzene rings is 2. The van der Waals surface area contributed by atoms with Gasteiger partial charge in [-0.05, 0) is 19.1 Å². The highest BCUT2D eigenvalue weighted by molar-refractivity contribution is 7.68. The quantitative estimate of drug-likeness (QED) is 0.338. The molecule has 1 N–H and O–H groups in total. The van der Waals surface area contributed by atoms with E-state index in [1.807, 2.05) is 85.8 Å². The van der Waals surface area contributed by atoms with Crippen LogP contribution in [-0.2, 0) is 9.30 Å². The number of rotatable bonds is 5. The Balaban J connectivity index is 1.71. The van der Waals surface area contributed by atoms with Gasteiger partial charge in [-0.15, -0.1) is 0 Å². The summed E-state index contributed by atoms with van der Waals surface area (Å²) in [6, 6.07) is 24.8. The maximum atomic E-state index is 13.7. The van der Waals surface area contributed by atoms with Gasteiger partial charge in [-0.2, -0.15) is 5.10 Å². The van der Waals surface area contributed by atoms with E-state index in [2.05, 4.69) is 15.3 Å². The van der Waals surface area contributed by atoms with Gasteiger partial charge in [0, 0.05) is 29.0 Å². The summed E-state index contributed by atoms with van der Waals surface area (Å²) in [5.41, 5.74) is 3.07. The third-order valence-corrected chi connectivity index (χ3v) is 6.01. The Bertz CT molecular complexity index is 1070. The van der Waals surface area contributed by atoms with Gasteiger partial charge in [0.25, 0.3) is 0 Å². The smallest absolute Gasteiger partial charge is 0.235 e. The number of ether oxygens (including phenoxy) is 1. The normalized spacial score (nSPS) is 15.7. The van der Waals surface area contributed by atoms with Crippen molar-refractivity contribution in [1.29, 1.82) is 0 Å². The lowest BCUT2D eigenvalue weighted by molar-refractivity contribution is 0.468. The molecule has 0 amide bonds. The highest BCUT2D eigenvalue weighted by atomic mass is 31.2. The molecule has 0 unspecified atom stereocenters. The van der Waals surface area contributed by atoms with E-state index in [0.29, 0.717) is 17.2 Å². The second kappa shape index (κ2) is 8.29. The number of nitrogens with zero attached hydrogens (tertiary/aromatic N) is 2.